The molecule has 0 radical (unpaired) electrons. The molecule has 0 bridgehead atoms. The van der Waals surface area contributed by atoms with Gasteiger partial charge in [0, 0.05) is 30.3 Å². The Hall–Kier alpha value is -1.37. The molecule has 116 valence electrons. The van der Waals surface area contributed by atoms with E-state index in [-0.39, 0.29) is 5.75 Å². The van der Waals surface area contributed by atoms with Gasteiger partial charge < -0.3 is 15.2 Å². The molecular weight excluding hydrogens is 310 g/mol. The molecule has 5 nitrogen and oxygen atoms in total. The van der Waals surface area contributed by atoms with Crippen LogP contribution in [-0.4, -0.2) is 35.7 Å². The summed E-state index contributed by atoms with van der Waals surface area (Å²) < 4.78 is 5.22. The first kappa shape index (κ1) is 17.7. The van der Waals surface area contributed by atoms with Gasteiger partial charge in [0.2, 0.25) is 0 Å². The minimum Gasteiger partial charge on any atom is -0.507 e. The first-order valence-corrected chi connectivity index (χ1v) is 7.48. The average molecular weight is 330 g/mol. The lowest BCUT2D eigenvalue weighted by Gasteiger charge is -2.09. The number of hydrogen-bond acceptors (Lipinski definition) is 4. The fourth-order valence-electron chi connectivity index (χ4n) is 1.55. The van der Waals surface area contributed by atoms with Crippen LogP contribution < -0.4 is 10.7 Å². The summed E-state index contributed by atoms with van der Waals surface area (Å²) in [6.07, 6.45) is 0.868. The van der Waals surface area contributed by atoms with E-state index in [9.17, 15) is 5.11 Å². The molecule has 1 aromatic rings. The number of aromatic hydroxyl groups is 1. The van der Waals surface area contributed by atoms with E-state index in [4.69, 9.17) is 28.6 Å². The fraction of sp³-hybridized carbons (Fsp3) is 0.429. The van der Waals surface area contributed by atoms with E-state index in [1.165, 1.54) is 6.07 Å². The van der Waals surface area contributed by atoms with Crippen molar-refractivity contribution in [1.29, 1.82) is 0 Å². The van der Waals surface area contributed by atoms with Gasteiger partial charge in [0.25, 0.3) is 0 Å². The molecule has 1 aromatic carbocycles. The highest BCUT2D eigenvalue weighted by Gasteiger charge is 2.05. The molecule has 0 aliphatic rings. The van der Waals surface area contributed by atoms with Crippen molar-refractivity contribution >= 4 is 34.6 Å². The van der Waals surface area contributed by atoms with Gasteiger partial charge in [0.1, 0.15) is 5.75 Å². The molecule has 7 heteroatoms. The van der Waals surface area contributed by atoms with Crippen LogP contribution in [0.25, 0.3) is 0 Å². The molecule has 3 N–H and O–H groups in total. The second-order valence-corrected chi connectivity index (χ2v) is 5.12. The quantitative estimate of drug-likeness (QED) is 0.310. The second-order valence-electron chi connectivity index (χ2n) is 4.28. The Bertz CT molecular complexity index is 509. The Labute approximate surface area is 135 Å². The van der Waals surface area contributed by atoms with Crippen molar-refractivity contribution in [2.45, 2.75) is 20.3 Å². The summed E-state index contributed by atoms with van der Waals surface area (Å²) in [5, 5.41) is 17.9. The van der Waals surface area contributed by atoms with Crippen LogP contribution in [0.3, 0.4) is 0 Å². The zero-order chi connectivity index (χ0) is 15.7. The number of rotatable bonds is 7. The topological polar surface area (TPSA) is 65.9 Å². The first-order valence-electron chi connectivity index (χ1n) is 6.69. The summed E-state index contributed by atoms with van der Waals surface area (Å²) in [5.74, 6) is 0.123. The molecule has 0 atom stereocenters. The lowest BCUT2D eigenvalue weighted by Crippen LogP contribution is -2.33. The summed E-state index contributed by atoms with van der Waals surface area (Å²) in [7, 11) is 0. The summed E-state index contributed by atoms with van der Waals surface area (Å²) in [6.45, 7) is 5.85. The lowest BCUT2D eigenvalue weighted by atomic mass is 10.1. The molecular formula is C14H20ClN3O2S. The van der Waals surface area contributed by atoms with E-state index in [1.54, 1.807) is 19.1 Å². The number of nitrogens with zero attached hydrogens (tertiary/aromatic N) is 1. The van der Waals surface area contributed by atoms with Crippen molar-refractivity contribution in [3.63, 3.8) is 0 Å². The Balaban J connectivity index is 2.44. The molecule has 0 heterocycles. The Kier molecular flexibility index (Phi) is 8.04. The van der Waals surface area contributed by atoms with Crippen molar-refractivity contribution < 1.29 is 9.84 Å². The van der Waals surface area contributed by atoms with E-state index in [2.05, 4.69) is 15.8 Å². The third-order valence-electron chi connectivity index (χ3n) is 2.63. The van der Waals surface area contributed by atoms with Crippen LogP contribution >= 0.6 is 23.8 Å². The number of benzene rings is 1. The fourth-order valence-corrected chi connectivity index (χ4v) is 1.87. The van der Waals surface area contributed by atoms with Crippen molar-refractivity contribution in [1.82, 2.24) is 10.7 Å². The Morgan fingerprint density at radius 2 is 2.24 bits per heavy atom. The van der Waals surface area contributed by atoms with Gasteiger partial charge in [-0.05, 0) is 50.7 Å². The van der Waals surface area contributed by atoms with Crippen LogP contribution in [0.15, 0.2) is 23.3 Å². The predicted molar refractivity (Wildman–Crippen MR) is 90.2 cm³/mol. The molecule has 0 saturated carbocycles. The van der Waals surface area contributed by atoms with Gasteiger partial charge in [0.15, 0.2) is 5.11 Å². The summed E-state index contributed by atoms with van der Waals surface area (Å²) >= 11 is 11.0. The van der Waals surface area contributed by atoms with Crippen molar-refractivity contribution in [2.75, 3.05) is 19.8 Å². The van der Waals surface area contributed by atoms with Gasteiger partial charge in [-0.15, -0.1) is 0 Å². The maximum Gasteiger partial charge on any atom is 0.186 e. The number of hydrazone groups is 1. The van der Waals surface area contributed by atoms with Gasteiger partial charge in [-0.2, -0.15) is 5.10 Å². The summed E-state index contributed by atoms with van der Waals surface area (Å²) in [4.78, 5) is 0. The number of phenols is 1. The minimum absolute atomic E-state index is 0.123. The first-order chi connectivity index (χ1) is 10.0. The largest absolute Gasteiger partial charge is 0.507 e. The van der Waals surface area contributed by atoms with E-state index in [1.807, 2.05) is 6.92 Å². The van der Waals surface area contributed by atoms with E-state index >= 15 is 0 Å². The zero-order valence-corrected chi connectivity index (χ0v) is 13.7. The van der Waals surface area contributed by atoms with Crippen molar-refractivity contribution in [3.05, 3.63) is 28.8 Å². The van der Waals surface area contributed by atoms with Gasteiger partial charge >= 0.3 is 0 Å². The molecule has 0 aromatic heterocycles. The highest BCUT2D eigenvalue weighted by atomic mass is 35.5. The van der Waals surface area contributed by atoms with E-state index in [0.717, 1.165) is 13.0 Å². The number of hydrogen-bond donors (Lipinski definition) is 3. The normalized spacial score (nSPS) is 11.3. The molecule has 0 aliphatic heterocycles. The third-order valence-corrected chi connectivity index (χ3v) is 3.10. The molecule has 0 fully saturated rings. The molecule has 0 aliphatic carbocycles. The second kappa shape index (κ2) is 9.55. The Morgan fingerprint density at radius 1 is 1.48 bits per heavy atom. The van der Waals surface area contributed by atoms with Crippen LogP contribution in [0.1, 0.15) is 25.8 Å². The average Bonchev–Trinajstić information content (AvgIpc) is 2.47. The third kappa shape index (κ3) is 6.75. The van der Waals surface area contributed by atoms with Gasteiger partial charge in [-0.1, -0.05) is 11.6 Å². The minimum atomic E-state index is 0.123. The zero-order valence-electron chi connectivity index (χ0n) is 12.1. The standard InChI is InChI=1S/C14H20ClN3O2S/c1-3-20-8-4-7-16-14(21)18-17-10(2)12-9-11(15)5-6-13(12)19/h5-6,9,19H,3-4,7-8H2,1-2H3,(H2,16,18,21)/b17-10+. The molecule has 0 saturated heterocycles. The Morgan fingerprint density at radius 3 is 2.95 bits per heavy atom. The van der Waals surface area contributed by atoms with Crippen LogP contribution in [0.5, 0.6) is 5.75 Å². The van der Waals surface area contributed by atoms with Gasteiger partial charge in [0.05, 0.1) is 5.71 Å². The van der Waals surface area contributed by atoms with Crippen LogP contribution in [-0.2, 0) is 4.74 Å². The van der Waals surface area contributed by atoms with Crippen LogP contribution in [0.4, 0.5) is 0 Å². The molecule has 0 unspecified atom stereocenters. The van der Waals surface area contributed by atoms with E-state index in [0.29, 0.717) is 34.6 Å². The molecule has 1 rings (SSSR count). The van der Waals surface area contributed by atoms with Crippen LogP contribution in [0, 0.1) is 0 Å². The molecule has 0 amide bonds. The maximum atomic E-state index is 9.76. The number of phenolic OH excluding ortho intramolecular Hbond substituents is 1. The highest BCUT2D eigenvalue weighted by Crippen LogP contribution is 2.21. The van der Waals surface area contributed by atoms with Crippen molar-refractivity contribution in [3.8, 4) is 5.75 Å². The predicted octanol–water partition coefficient (Wildman–Crippen LogP) is 2.66. The number of thiocarbonyl (C=S) groups is 1. The van der Waals surface area contributed by atoms with Gasteiger partial charge in [-0.25, -0.2) is 0 Å². The number of ether oxygens (including phenoxy) is 1. The van der Waals surface area contributed by atoms with Crippen LogP contribution in [0.2, 0.25) is 5.02 Å². The summed E-state index contributed by atoms with van der Waals surface area (Å²) in [5.41, 5.74) is 3.89. The lowest BCUT2D eigenvalue weighted by molar-refractivity contribution is 0.145. The van der Waals surface area contributed by atoms with Crippen molar-refractivity contribution in [2.24, 2.45) is 5.10 Å². The SMILES string of the molecule is CCOCCCNC(=S)N/N=C(\C)c1cc(Cl)ccc1O. The number of halogens is 1. The monoisotopic (exact) mass is 329 g/mol. The van der Waals surface area contributed by atoms with E-state index < -0.39 is 0 Å². The van der Waals surface area contributed by atoms with Gasteiger partial charge in [-0.3, -0.25) is 5.43 Å². The number of nitrogens with one attached hydrogen (secondary N) is 2. The molecule has 0 spiro atoms. The smallest absolute Gasteiger partial charge is 0.186 e. The maximum absolute atomic E-state index is 9.76. The highest BCUT2D eigenvalue weighted by molar-refractivity contribution is 7.80. The summed E-state index contributed by atoms with van der Waals surface area (Å²) in [6, 6.07) is 4.79. The molecule has 21 heavy (non-hydrogen) atoms.